The van der Waals surface area contributed by atoms with Crippen LogP contribution >= 0.6 is 11.6 Å². The molecule has 0 fully saturated rings. The van der Waals surface area contributed by atoms with E-state index in [-0.39, 0.29) is 0 Å². The van der Waals surface area contributed by atoms with Crippen molar-refractivity contribution in [1.29, 1.82) is 0 Å². The van der Waals surface area contributed by atoms with E-state index in [4.69, 9.17) is 17.3 Å². The van der Waals surface area contributed by atoms with Crippen LogP contribution < -0.4 is 5.73 Å². The van der Waals surface area contributed by atoms with Crippen LogP contribution in [0.15, 0.2) is 24.7 Å². The zero-order chi connectivity index (χ0) is 13.4. The van der Waals surface area contributed by atoms with Gasteiger partial charge in [-0.2, -0.15) is 5.10 Å². The van der Waals surface area contributed by atoms with Crippen LogP contribution in [-0.4, -0.2) is 24.3 Å². The van der Waals surface area contributed by atoms with Crippen molar-refractivity contribution in [3.8, 4) is 0 Å². The summed E-state index contributed by atoms with van der Waals surface area (Å²) < 4.78 is 3.67. The number of anilines is 1. The Labute approximate surface area is 114 Å². The molecule has 0 radical (unpaired) electrons. The highest BCUT2D eigenvalue weighted by molar-refractivity contribution is 6.31. The van der Waals surface area contributed by atoms with E-state index < -0.39 is 0 Å². The van der Waals surface area contributed by atoms with E-state index in [0.717, 1.165) is 23.1 Å². The maximum atomic E-state index is 5.92. The Morgan fingerprint density at radius 1 is 1.37 bits per heavy atom. The number of pyridine rings is 1. The summed E-state index contributed by atoms with van der Waals surface area (Å²) in [5.74, 6) is 0.452. The molecule has 3 aromatic rings. The van der Waals surface area contributed by atoms with Gasteiger partial charge in [-0.25, -0.2) is 9.97 Å². The number of hydrogen-bond donors (Lipinski definition) is 1. The number of aryl methyl sites for hydroxylation is 3. The zero-order valence-corrected chi connectivity index (χ0v) is 11.2. The van der Waals surface area contributed by atoms with E-state index in [1.54, 1.807) is 16.9 Å². The van der Waals surface area contributed by atoms with Crippen LogP contribution in [0.3, 0.4) is 0 Å². The van der Waals surface area contributed by atoms with E-state index in [1.165, 1.54) is 0 Å². The highest BCUT2D eigenvalue weighted by Crippen LogP contribution is 2.19. The quantitative estimate of drug-likeness (QED) is 0.789. The SMILES string of the molecule is Cn1cc(CCn2c(N)nc3cc(Cl)cnc32)cn1. The average molecular weight is 277 g/mol. The molecule has 0 bridgehead atoms. The molecule has 7 heteroatoms. The lowest BCUT2D eigenvalue weighted by Gasteiger charge is -2.04. The smallest absolute Gasteiger partial charge is 0.202 e. The molecular formula is C12H13ClN6. The number of hydrogen-bond acceptors (Lipinski definition) is 4. The summed E-state index contributed by atoms with van der Waals surface area (Å²) in [5.41, 5.74) is 8.55. The lowest BCUT2D eigenvalue weighted by atomic mass is 10.2. The van der Waals surface area contributed by atoms with Crippen molar-refractivity contribution < 1.29 is 0 Å². The van der Waals surface area contributed by atoms with Crippen molar-refractivity contribution in [3.63, 3.8) is 0 Å². The number of halogens is 1. The van der Waals surface area contributed by atoms with E-state index in [1.807, 2.05) is 24.0 Å². The molecule has 3 heterocycles. The largest absolute Gasteiger partial charge is 0.369 e. The predicted octanol–water partition coefficient (Wildman–Crippen LogP) is 1.64. The van der Waals surface area contributed by atoms with Crippen molar-refractivity contribution in [3.05, 3.63) is 35.2 Å². The highest BCUT2D eigenvalue weighted by Gasteiger charge is 2.10. The van der Waals surface area contributed by atoms with Gasteiger partial charge in [-0.3, -0.25) is 9.25 Å². The van der Waals surface area contributed by atoms with Gasteiger partial charge in [0.15, 0.2) is 5.65 Å². The number of nitrogens with two attached hydrogens (primary N) is 1. The first kappa shape index (κ1) is 12.0. The molecule has 0 aliphatic rings. The maximum absolute atomic E-state index is 5.92. The average Bonchev–Trinajstić information content (AvgIpc) is 2.89. The molecule has 6 nitrogen and oxygen atoms in total. The van der Waals surface area contributed by atoms with Crippen molar-refractivity contribution >= 4 is 28.7 Å². The molecule has 0 spiro atoms. The van der Waals surface area contributed by atoms with Crippen molar-refractivity contribution in [2.24, 2.45) is 7.05 Å². The first-order valence-electron chi connectivity index (χ1n) is 5.88. The van der Waals surface area contributed by atoms with Gasteiger partial charge in [0.25, 0.3) is 0 Å². The molecule has 0 unspecified atom stereocenters. The van der Waals surface area contributed by atoms with E-state index >= 15 is 0 Å². The second-order valence-corrected chi connectivity index (χ2v) is 4.83. The van der Waals surface area contributed by atoms with Gasteiger partial charge in [-0.05, 0) is 18.1 Å². The lowest BCUT2D eigenvalue weighted by Crippen LogP contribution is -2.06. The molecule has 0 aromatic carbocycles. The number of aromatic nitrogens is 5. The monoisotopic (exact) mass is 276 g/mol. The molecular weight excluding hydrogens is 264 g/mol. The minimum absolute atomic E-state index is 0.452. The van der Waals surface area contributed by atoms with Gasteiger partial charge >= 0.3 is 0 Å². The first-order valence-corrected chi connectivity index (χ1v) is 6.26. The third-order valence-corrected chi connectivity index (χ3v) is 3.17. The molecule has 98 valence electrons. The molecule has 0 saturated heterocycles. The minimum atomic E-state index is 0.452. The third-order valence-electron chi connectivity index (χ3n) is 2.96. The molecule has 0 saturated carbocycles. The van der Waals surface area contributed by atoms with Gasteiger partial charge in [0.05, 0.1) is 11.2 Å². The van der Waals surface area contributed by atoms with Crippen LogP contribution in [0.4, 0.5) is 5.95 Å². The normalized spacial score (nSPS) is 11.3. The van der Waals surface area contributed by atoms with Gasteiger partial charge in [-0.1, -0.05) is 11.6 Å². The van der Waals surface area contributed by atoms with Crippen LogP contribution in [0.25, 0.3) is 11.2 Å². The minimum Gasteiger partial charge on any atom is -0.369 e. The van der Waals surface area contributed by atoms with Crippen molar-refractivity contribution in [2.75, 3.05) is 5.73 Å². The molecule has 0 aliphatic carbocycles. The predicted molar refractivity (Wildman–Crippen MR) is 73.9 cm³/mol. The fourth-order valence-electron chi connectivity index (χ4n) is 2.07. The summed E-state index contributed by atoms with van der Waals surface area (Å²) in [5, 5.41) is 4.70. The highest BCUT2D eigenvalue weighted by atomic mass is 35.5. The number of nitrogens with zero attached hydrogens (tertiary/aromatic N) is 5. The second kappa shape index (κ2) is 4.55. The van der Waals surface area contributed by atoms with Gasteiger partial charge < -0.3 is 5.73 Å². The molecule has 2 N–H and O–H groups in total. The van der Waals surface area contributed by atoms with Crippen molar-refractivity contribution in [1.82, 2.24) is 24.3 Å². The maximum Gasteiger partial charge on any atom is 0.202 e. The summed E-state index contributed by atoms with van der Waals surface area (Å²) in [6.45, 7) is 0.711. The summed E-state index contributed by atoms with van der Waals surface area (Å²) >= 11 is 5.89. The van der Waals surface area contributed by atoms with Crippen molar-refractivity contribution in [2.45, 2.75) is 13.0 Å². The fraction of sp³-hybridized carbons (Fsp3) is 0.250. The first-order chi connectivity index (χ1) is 9.13. The molecule has 19 heavy (non-hydrogen) atoms. The number of imidazole rings is 1. The fourth-order valence-corrected chi connectivity index (χ4v) is 2.22. The molecule has 0 atom stereocenters. The van der Waals surface area contributed by atoms with Gasteiger partial charge in [0.2, 0.25) is 5.95 Å². The Kier molecular flexibility index (Phi) is 2.87. The summed E-state index contributed by atoms with van der Waals surface area (Å²) in [6.07, 6.45) is 6.26. The standard InChI is InChI=1S/C12H13ClN6/c1-18-7-8(5-16-18)2-3-19-11-10(17-12(19)14)4-9(13)6-15-11/h4-7H,2-3H2,1H3,(H2,14,17). The Bertz CT molecular complexity index is 729. The Morgan fingerprint density at radius 2 is 2.21 bits per heavy atom. The van der Waals surface area contributed by atoms with E-state index in [9.17, 15) is 0 Å². The van der Waals surface area contributed by atoms with Gasteiger partial charge in [0, 0.05) is 26.0 Å². The topological polar surface area (TPSA) is 74.5 Å². The molecule has 3 rings (SSSR count). The van der Waals surface area contributed by atoms with E-state index in [2.05, 4.69) is 15.1 Å². The lowest BCUT2D eigenvalue weighted by molar-refractivity contribution is 0.717. The second-order valence-electron chi connectivity index (χ2n) is 4.39. The number of rotatable bonds is 3. The van der Waals surface area contributed by atoms with Crippen LogP contribution in [0, 0.1) is 0 Å². The van der Waals surface area contributed by atoms with Gasteiger partial charge in [0.1, 0.15) is 5.52 Å². The third kappa shape index (κ3) is 2.26. The van der Waals surface area contributed by atoms with Crippen LogP contribution in [-0.2, 0) is 20.0 Å². The van der Waals surface area contributed by atoms with E-state index in [0.29, 0.717) is 17.5 Å². The Hall–Kier alpha value is -2.08. The summed E-state index contributed by atoms with van der Waals surface area (Å²) in [6, 6.07) is 1.76. The Balaban J connectivity index is 1.90. The molecule has 0 amide bonds. The summed E-state index contributed by atoms with van der Waals surface area (Å²) in [7, 11) is 1.90. The number of fused-ring (bicyclic) bond motifs is 1. The zero-order valence-electron chi connectivity index (χ0n) is 10.4. The molecule has 3 aromatic heterocycles. The number of nitrogen functional groups attached to an aromatic ring is 1. The van der Waals surface area contributed by atoms with Gasteiger partial charge in [-0.15, -0.1) is 0 Å². The molecule has 0 aliphatic heterocycles. The van der Waals surface area contributed by atoms with Crippen LogP contribution in [0.1, 0.15) is 5.56 Å². The Morgan fingerprint density at radius 3 is 2.95 bits per heavy atom. The van der Waals surface area contributed by atoms with Crippen LogP contribution in [0.2, 0.25) is 5.02 Å². The summed E-state index contributed by atoms with van der Waals surface area (Å²) in [4.78, 5) is 8.55. The van der Waals surface area contributed by atoms with Crippen LogP contribution in [0.5, 0.6) is 0 Å².